The number of carbonyl (C=O) groups excluding carboxylic acids is 1. The zero-order valence-electron chi connectivity index (χ0n) is 13.0. The first kappa shape index (κ1) is 16.1. The van der Waals surface area contributed by atoms with Crippen LogP contribution in [-0.4, -0.2) is 66.3 Å². The summed E-state index contributed by atoms with van der Waals surface area (Å²) in [5, 5.41) is 9.52. The smallest absolute Gasteiger partial charge is 0.320 e. The summed E-state index contributed by atoms with van der Waals surface area (Å²) in [5.74, 6) is -0.780. The normalized spacial score (nSPS) is 25.7. The Bertz CT molecular complexity index is 397. The van der Waals surface area contributed by atoms with Gasteiger partial charge in [-0.15, -0.1) is 0 Å². The number of urea groups is 1. The van der Waals surface area contributed by atoms with E-state index in [1.807, 2.05) is 11.8 Å². The van der Waals surface area contributed by atoms with Crippen molar-refractivity contribution in [3.63, 3.8) is 0 Å². The Balaban J connectivity index is 2.05. The van der Waals surface area contributed by atoms with Crippen LogP contribution in [-0.2, 0) is 9.53 Å². The number of carbonyl (C=O) groups is 2. The standard InChI is InChI=1S/C15H26N2O4/c1-3-15(13(18)19)7-4-8-16(11-15)14(20)17(9-10-21-2)12-5-6-12/h12H,3-11H2,1-2H3,(H,18,19). The lowest BCUT2D eigenvalue weighted by atomic mass is 9.78. The summed E-state index contributed by atoms with van der Waals surface area (Å²) in [6.07, 6.45) is 4.06. The third-order valence-electron chi connectivity index (χ3n) is 4.75. The number of hydrogen-bond acceptors (Lipinski definition) is 3. The van der Waals surface area contributed by atoms with Gasteiger partial charge in [-0.05, 0) is 32.1 Å². The van der Waals surface area contributed by atoms with Crippen LogP contribution < -0.4 is 0 Å². The van der Waals surface area contributed by atoms with E-state index in [9.17, 15) is 14.7 Å². The molecule has 1 N–H and O–H groups in total. The highest BCUT2D eigenvalue weighted by Crippen LogP contribution is 2.35. The maximum atomic E-state index is 12.7. The molecule has 6 nitrogen and oxygen atoms in total. The van der Waals surface area contributed by atoms with E-state index < -0.39 is 11.4 Å². The number of amides is 2. The predicted molar refractivity (Wildman–Crippen MR) is 78.2 cm³/mol. The topological polar surface area (TPSA) is 70.1 Å². The minimum Gasteiger partial charge on any atom is -0.481 e. The van der Waals surface area contributed by atoms with Gasteiger partial charge in [0, 0.05) is 32.8 Å². The second-order valence-corrected chi connectivity index (χ2v) is 6.16. The molecule has 21 heavy (non-hydrogen) atoms. The molecule has 1 aliphatic carbocycles. The van der Waals surface area contributed by atoms with Gasteiger partial charge in [-0.3, -0.25) is 4.79 Å². The molecule has 2 fully saturated rings. The van der Waals surface area contributed by atoms with Gasteiger partial charge in [0.1, 0.15) is 0 Å². The number of aliphatic carboxylic acids is 1. The number of piperidine rings is 1. The molecule has 1 saturated carbocycles. The Morgan fingerprint density at radius 3 is 2.67 bits per heavy atom. The van der Waals surface area contributed by atoms with Gasteiger partial charge in [0.25, 0.3) is 0 Å². The lowest BCUT2D eigenvalue weighted by Crippen LogP contribution is -2.54. The summed E-state index contributed by atoms with van der Waals surface area (Å²) in [6.45, 7) is 3.99. The second kappa shape index (κ2) is 6.64. The van der Waals surface area contributed by atoms with Crippen LogP contribution in [0, 0.1) is 5.41 Å². The van der Waals surface area contributed by atoms with Crippen molar-refractivity contribution in [2.24, 2.45) is 5.41 Å². The molecule has 0 spiro atoms. The monoisotopic (exact) mass is 298 g/mol. The van der Waals surface area contributed by atoms with Crippen molar-refractivity contribution >= 4 is 12.0 Å². The number of carboxylic acid groups (broad SMARTS) is 1. The molecule has 2 aliphatic rings. The molecule has 2 rings (SSSR count). The van der Waals surface area contributed by atoms with Gasteiger partial charge in [-0.25, -0.2) is 4.79 Å². The van der Waals surface area contributed by atoms with Crippen molar-refractivity contribution < 1.29 is 19.4 Å². The number of rotatable bonds is 6. The molecule has 0 aromatic carbocycles. The van der Waals surface area contributed by atoms with Crippen molar-refractivity contribution in [3.05, 3.63) is 0 Å². The first-order valence-electron chi connectivity index (χ1n) is 7.82. The maximum Gasteiger partial charge on any atom is 0.320 e. The van der Waals surface area contributed by atoms with Crippen LogP contribution >= 0.6 is 0 Å². The first-order chi connectivity index (χ1) is 10.0. The van der Waals surface area contributed by atoms with Crippen molar-refractivity contribution in [3.8, 4) is 0 Å². The van der Waals surface area contributed by atoms with Crippen molar-refractivity contribution in [1.29, 1.82) is 0 Å². The number of hydrogen-bond donors (Lipinski definition) is 1. The second-order valence-electron chi connectivity index (χ2n) is 6.16. The van der Waals surface area contributed by atoms with E-state index in [-0.39, 0.29) is 6.03 Å². The fraction of sp³-hybridized carbons (Fsp3) is 0.867. The Kier molecular flexibility index (Phi) is 5.08. The van der Waals surface area contributed by atoms with E-state index >= 15 is 0 Å². The molecule has 0 bridgehead atoms. The summed E-state index contributed by atoms with van der Waals surface area (Å²) < 4.78 is 5.08. The van der Waals surface area contributed by atoms with E-state index in [1.54, 1.807) is 12.0 Å². The quantitative estimate of drug-likeness (QED) is 0.811. The van der Waals surface area contributed by atoms with Gasteiger partial charge in [-0.2, -0.15) is 0 Å². The molecule has 0 radical (unpaired) electrons. The number of carboxylic acids is 1. The van der Waals surface area contributed by atoms with E-state index in [1.165, 1.54) is 0 Å². The molecule has 1 atom stereocenters. The van der Waals surface area contributed by atoms with Crippen molar-refractivity contribution in [1.82, 2.24) is 9.80 Å². The van der Waals surface area contributed by atoms with Crippen LogP contribution in [0.25, 0.3) is 0 Å². The third kappa shape index (κ3) is 3.48. The van der Waals surface area contributed by atoms with Gasteiger partial charge in [0.2, 0.25) is 0 Å². The Morgan fingerprint density at radius 2 is 2.14 bits per heavy atom. The molecular formula is C15H26N2O4. The fourth-order valence-corrected chi connectivity index (χ4v) is 3.10. The molecule has 2 amide bonds. The summed E-state index contributed by atoms with van der Waals surface area (Å²) in [6, 6.07) is 0.295. The number of likely N-dealkylation sites (tertiary alicyclic amines) is 1. The SMILES string of the molecule is CCC1(C(=O)O)CCCN(C(=O)N(CCOC)C2CC2)C1. The molecule has 1 aliphatic heterocycles. The van der Waals surface area contributed by atoms with Gasteiger partial charge in [0.15, 0.2) is 0 Å². The van der Waals surface area contributed by atoms with Crippen LogP contribution in [0.15, 0.2) is 0 Å². The lowest BCUT2D eigenvalue weighted by molar-refractivity contribution is -0.152. The molecular weight excluding hydrogens is 272 g/mol. The maximum absolute atomic E-state index is 12.7. The largest absolute Gasteiger partial charge is 0.481 e. The number of ether oxygens (including phenoxy) is 1. The summed E-state index contributed by atoms with van der Waals surface area (Å²) in [7, 11) is 1.63. The number of nitrogens with zero attached hydrogens (tertiary/aromatic N) is 2. The zero-order valence-corrected chi connectivity index (χ0v) is 13.0. The van der Waals surface area contributed by atoms with E-state index in [0.717, 1.165) is 19.3 Å². The van der Waals surface area contributed by atoms with E-state index in [4.69, 9.17) is 4.74 Å². The zero-order chi connectivity index (χ0) is 15.5. The van der Waals surface area contributed by atoms with Crippen molar-refractivity contribution in [2.45, 2.75) is 45.1 Å². The fourth-order valence-electron chi connectivity index (χ4n) is 3.10. The van der Waals surface area contributed by atoms with E-state index in [2.05, 4.69) is 0 Å². The van der Waals surface area contributed by atoms with Crippen LogP contribution in [0.1, 0.15) is 39.0 Å². The molecule has 0 aromatic heterocycles. The molecule has 120 valence electrons. The van der Waals surface area contributed by atoms with Crippen molar-refractivity contribution in [2.75, 3.05) is 33.4 Å². The Labute approximate surface area is 126 Å². The average Bonchev–Trinajstić information content (AvgIpc) is 3.32. The van der Waals surface area contributed by atoms with Gasteiger partial charge in [-0.1, -0.05) is 6.92 Å². The average molecular weight is 298 g/mol. The van der Waals surface area contributed by atoms with E-state index in [0.29, 0.717) is 45.1 Å². The first-order valence-corrected chi connectivity index (χ1v) is 7.82. The summed E-state index contributed by atoms with van der Waals surface area (Å²) >= 11 is 0. The van der Waals surface area contributed by atoms with Crippen LogP contribution in [0.5, 0.6) is 0 Å². The summed E-state index contributed by atoms with van der Waals surface area (Å²) in [4.78, 5) is 27.9. The minimum absolute atomic E-state index is 0.0201. The van der Waals surface area contributed by atoms with Gasteiger partial charge >= 0.3 is 12.0 Å². The summed E-state index contributed by atoms with van der Waals surface area (Å²) in [5.41, 5.74) is -0.773. The minimum atomic E-state index is -0.780. The highest BCUT2D eigenvalue weighted by molar-refractivity contribution is 5.79. The Hall–Kier alpha value is -1.30. The molecule has 6 heteroatoms. The highest BCUT2D eigenvalue weighted by Gasteiger charge is 2.44. The number of methoxy groups -OCH3 is 1. The third-order valence-corrected chi connectivity index (χ3v) is 4.75. The highest BCUT2D eigenvalue weighted by atomic mass is 16.5. The van der Waals surface area contributed by atoms with Crippen LogP contribution in [0.3, 0.4) is 0 Å². The molecule has 0 aromatic rings. The molecule has 1 saturated heterocycles. The Morgan fingerprint density at radius 1 is 1.43 bits per heavy atom. The molecule has 1 unspecified atom stereocenters. The predicted octanol–water partition coefficient (Wildman–Crippen LogP) is 1.79. The lowest BCUT2D eigenvalue weighted by Gasteiger charge is -2.41. The molecule has 1 heterocycles. The van der Waals surface area contributed by atoms with Gasteiger partial charge in [0.05, 0.1) is 12.0 Å². The van der Waals surface area contributed by atoms with Gasteiger partial charge < -0.3 is 19.6 Å². The van der Waals surface area contributed by atoms with Crippen LogP contribution in [0.2, 0.25) is 0 Å². The van der Waals surface area contributed by atoms with Crippen LogP contribution in [0.4, 0.5) is 4.79 Å².